The fraction of sp³-hybridized carbons (Fsp3) is 0.190. The molecule has 0 fully saturated rings. The van der Waals surface area contributed by atoms with Crippen molar-refractivity contribution < 1.29 is 28.9 Å². The first-order valence-electron chi connectivity index (χ1n) is 8.73. The van der Waals surface area contributed by atoms with E-state index in [-0.39, 0.29) is 12.1 Å². The van der Waals surface area contributed by atoms with Gasteiger partial charge in [0.25, 0.3) is 5.91 Å². The summed E-state index contributed by atoms with van der Waals surface area (Å²) in [6.45, 7) is -0.288. The Labute approximate surface area is 206 Å². The molecule has 0 aromatic heterocycles. The van der Waals surface area contributed by atoms with E-state index >= 15 is 0 Å². The summed E-state index contributed by atoms with van der Waals surface area (Å²) in [4.78, 5) is 23.3. The Bertz CT molecular complexity index is 1040. The summed E-state index contributed by atoms with van der Waals surface area (Å²) >= 11 is 4.03. The summed E-state index contributed by atoms with van der Waals surface area (Å²) < 4.78 is 17.1. The summed E-state index contributed by atoms with van der Waals surface area (Å²) in [7, 11) is 3.07. The number of nitriles is 1. The van der Waals surface area contributed by atoms with Gasteiger partial charge in [0, 0.05) is 18.2 Å². The molecule has 2 aromatic carbocycles. The van der Waals surface area contributed by atoms with Crippen LogP contribution in [0.1, 0.15) is 11.1 Å². The molecule has 10 heteroatoms. The van der Waals surface area contributed by atoms with Crippen molar-refractivity contribution in [3.63, 3.8) is 0 Å². The fourth-order valence-corrected chi connectivity index (χ4v) is 4.65. The van der Waals surface area contributed by atoms with E-state index in [1.807, 2.05) is 51.3 Å². The Kier molecular flexibility index (Phi) is 9.38. The first-order valence-corrected chi connectivity index (χ1v) is 10.9. The lowest BCUT2D eigenvalue weighted by molar-refractivity contribution is -0.139. The normalized spacial score (nSPS) is 10.7. The topological polar surface area (TPSA) is 118 Å². The molecule has 0 spiro atoms. The molecule has 31 heavy (non-hydrogen) atoms. The molecule has 0 aliphatic carbocycles. The molecular weight excluding hydrogens is 630 g/mol. The highest BCUT2D eigenvalue weighted by atomic mass is 127. The third-order valence-corrected chi connectivity index (χ3v) is 5.57. The van der Waals surface area contributed by atoms with Crippen molar-refractivity contribution in [3.05, 3.63) is 54.2 Å². The Morgan fingerprint density at radius 3 is 2.39 bits per heavy atom. The molecule has 0 bridgehead atoms. The van der Waals surface area contributed by atoms with Crippen LogP contribution in [0.3, 0.4) is 0 Å². The number of carboxylic acids is 1. The number of rotatable bonds is 9. The smallest absolute Gasteiger partial charge is 0.341 e. The van der Waals surface area contributed by atoms with E-state index in [0.29, 0.717) is 30.0 Å². The monoisotopic (exact) mass is 648 g/mol. The van der Waals surface area contributed by atoms with Gasteiger partial charge in [-0.1, -0.05) is 0 Å². The van der Waals surface area contributed by atoms with Crippen molar-refractivity contribution in [3.8, 4) is 23.3 Å². The second-order valence-electron chi connectivity index (χ2n) is 6.03. The van der Waals surface area contributed by atoms with Gasteiger partial charge in [-0.2, -0.15) is 5.26 Å². The van der Waals surface area contributed by atoms with E-state index < -0.39 is 18.5 Å². The van der Waals surface area contributed by atoms with E-state index in [1.165, 1.54) is 13.2 Å². The number of hydrogen-bond acceptors (Lipinski definition) is 6. The maximum absolute atomic E-state index is 12.5. The van der Waals surface area contributed by atoms with Crippen LogP contribution >= 0.6 is 45.2 Å². The molecule has 2 rings (SSSR count). The maximum atomic E-state index is 12.5. The van der Waals surface area contributed by atoms with Gasteiger partial charge in [-0.3, -0.25) is 4.79 Å². The molecule has 0 aliphatic heterocycles. The lowest BCUT2D eigenvalue weighted by Gasteiger charge is -2.11. The SMILES string of the molecule is COc1ccc(CNC(=O)/C(C#N)=C/c2cc(I)c(OCC(=O)O)c(I)c2)c(OC)c1. The minimum atomic E-state index is -1.08. The van der Waals surface area contributed by atoms with Crippen molar-refractivity contribution >= 4 is 63.1 Å². The first-order chi connectivity index (χ1) is 14.8. The largest absolute Gasteiger partial charge is 0.497 e. The van der Waals surface area contributed by atoms with E-state index in [1.54, 1.807) is 37.4 Å². The Morgan fingerprint density at radius 1 is 1.16 bits per heavy atom. The number of nitrogens with one attached hydrogen (secondary N) is 1. The number of nitrogens with zero attached hydrogens (tertiary/aromatic N) is 1. The molecule has 0 unspecified atom stereocenters. The Hall–Kier alpha value is -2.53. The van der Waals surface area contributed by atoms with E-state index in [4.69, 9.17) is 19.3 Å². The highest BCUT2D eigenvalue weighted by Gasteiger charge is 2.14. The number of carboxylic acid groups (broad SMARTS) is 1. The van der Waals surface area contributed by atoms with Gasteiger partial charge in [0.15, 0.2) is 6.61 Å². The minimum absolute atomic E-state index is 0.0710. The average molecular weight is 648 g/mol. The third-order valence-electron chi connectivity index (χ3n) is 3.97. The fourth-order valence-electron chi connectivity index (χ4n) is 2.52. The van der Waals surface area contributed by atoms with Gasteiger partial charge >= 0.3 is 5.97 Å². The molecule has 8 nitrogen and oxygen atoms in total. The maximum Gasteiger partial charge on any atom is 0.341 e. The van der Waals surface area contributed by atoms with Crippen molar-refractivity contribution in [1.82, 2.24) is 5.32 Å². The van der Waals surface area contributed by atoms with Crippen LogP contribution in [0.5, 0.6) is 17.2 Å². The van der Waals surface area contributed by atoms with E-state index in [2.05, 4.69) is 5.32 Å². The number of hydrogen-bond donors (Lipinski definition) is 2. The number of halogens is 2. The predicted molar refractivity (Wildman–Crippen MR) is 130 cm³/mol. The van der Waals surface area contributed by atoms with Gasteiger partial charge in [-0.25, -0.2) is 4.79 Å². The average Bonchev–Trinajstić information content (AvgIpc) is 2.74. The standard InChI is InChI=1S/C21H18I2N2O6/c1-29-15-4-3-13(18(8-15)30-2)10-25-21(28)14(9-24)5-12-6-16(22)20(17(23)7-12)31-11-19(26)27/h3-8H,10-11H2,1-2H3,(H,25,28)(H,26,27)/b14-5+. The summed E-state index contributed by atoms with van der Waals surface area (Å²) in [6.07, 6.45) is 1.46. The van der Waals surface area contributed by atoms with Crippen LogP contribution in [0.25, 0.3) is 6.08 Å². The summed E-state index contributed by atoms with van der Waals surface area (Å²) in [5.41, 5.74) is 1.28. The van der Waals surface area contributed by atoms with Crippen LogP contribution in [0.4, 0.5) is 0 Å². The molecule has 2 N–H and O–H groups in total. The number of benzene rings is 2. The molecule has 2 aromatic rings. The molecule has 1 amide bonds. The quantitative estimate of drug-likeness (QED) is 0.243. The van der Waals surface area contributed by atoms with Gasteiger partial charge in [0.05, 0.1) is 21.4 Å². The molecule has 0 atom stereocenters. The zero-order valence-corrected chi connectivity index (χ0v) is 20.9. The van der Waals surface area contributed by atoms with Crippen LogP contribution in [0, 0.1) is 18.5 Å². The molecule has 0 saturated carbocycles. The summed E-state index contributed by atoms with van der Waals surface area (Å²) in [5.74, 6) is 0.0205. The van der Waals surface area contributed by atoms with Crippen LogP contribution in [0.2, 0.25) is 0 Å². The number of ether oxygens (including phenoxy) is 3. The highest BCUT2D eigenvalue weighted by molar-refractivity contribution is 14.1. The lowest BCUT2D eigenvalue weighted by Crippen LogP contribution is -2.24. The summed E-state index contributed by atoms with van der Waals surface area (Å²) in [6, 6.07) is 10.6. The van der Waals surface area contributed by atoms with Gasteiger partial charge in [-0.15, -0.1) is 0 Å². The second-order valence-corrected chi connectivity index (χ2v) is 8.35. The molecular formula is C21H18I2N2O6. The molecule has 0 aliphatic rings. The van der Waals surface area contributed by atoms with Crippen LogP contribution < -0.4 is 19.5 Å². The van der Waals surface area contributed by atoms with Gasteiger partial charge < -0.3 is 24.6 Å². The lowest BCUT2D eigenvalue weighted by atomic mass is 10.1. The second kappa shape index (κ2) is 11.8. The third kappa shape index (κ3) is 7.00. The Morgan fingerprint density at radius 2 is 1.84 bits per heavy atom. The van der Waals surface area contributed by atoms with Crippen LogP contribution in [-0.2, 0) is 16.1 Å². The number of carbonyl (C=O) groups excluding carboxylic acids is 1. The molecule has 0 radical (unpaired) electrons. The number of carbonyl (C=O) groups is 2. The first kappa shape index (κ1) is 24.7. The molecule has 0 saturated heterocycles. The zero-order chi connectivity index (χ0) is 23.0. The van der Waals surface area contributed by atoms with Crippen molar-refractivity contribution in [2.45, 2.75) is 6.54 Å². The van der Waals surface area contributed by atoms with Crippen molar-refractivity contribution in [2.24, 2.45) is 0 Å². The van der Waals surface area contributed by atoms with E-state index in [9.17, 15) is 14.9 Å². The number of amides is 1. The van der Waals surface area contributed by atoms with Crippen LogP contribution in [0.15, 0.2) is 35.9 Å². The predicted octanol–water partition coefficient (Wildman–Crippen LogP) is 3.60. The van der Waals surface area contributed by atoms with Gasteiger partial charge in [0.1, 0.15) is 28.9 Å². The zero-order valence-electron chi connectivity index (χ0n) is 16.6. The number of methoxy groups -OCH3 is 2. The van der Waals surface area contributed by atoms with Crippen molar-refractivity contribution in [2.75, 3.05) is 20.8 Å². The highest BCUT2D eigenvalue weighted by Crippen LogP contribution is 2.30. The van der Waals surface area contributed by atoms with Crippen LogP contribution in [-0.4, -0.2) is 37.8 Å². The minimum Gasteiger partial charge on any atom is -0.497 e. The van der Waals surface area contributed by atoms with Gasteiger partial charge in [0.2, 0.25) is 0 Å². The summed E-state index contributed by atoms with van der Waals surface area (Å²) in [5, 5.41) is 20.9. The molecule has 162 valence electrons. The Balaban J connectivity index is 2.17. The van der Waals surface area contributed by atoms with Gasteiger partial charge in [-0.05, 0) is 81.1 Å². The molecule has 0 heterocycles. The number of aliphatic carboxylic acids is 1. The van der Waals surface area contributed by atoms with E-state index in [0.717, 1.165) is 5.56 Å². The van der Waals surface area contributed by atoms with Crippen molar-refractivity contribution in [1.29, 1.82) is 5.26 Å².